The van der Waals surface area contributed by atoms with Gasteiger partial charge in [0.25, 0.3) is 0 Å². The van der Waals surface area contributed by atoms with Gasteiger partial charge in [-0.25, -0.2) is 4.98 Å². The van der Waals surface area contributed by atoms with E-state index in [1.807, 2.05) is 21.5 Å². The number of nitrogens with one attached hydrogen (secondary N) is 1. The zero-order valence-corrected chi connectivity index (χ0v) is 13.3. The minimum Gasteiger partial charge on any atom is -0.368 e. The lowest BCUT2D eigenvalue weighted by Gasteiger charge is -2.15. The van der Waals surface area contributed by atoms with Crippen molar-refractivity contribution in [1.82, 2.24) is 24.4 Å². The number of fused-ring (bicyclic) bond motifs is 1. The van der Waals surface area contributed by atoms with Gasteiger partial charge >= 0.3 is 0 Å². The summed E-state index contributed by atoms with van der Waals surface area (Å²) in [6, 6.07) is 4.29. The Morgan fingerprint density at radius 1 is 1.32 bits per heavy atom. The molecule has 3 heterocycles. The molecule has 3 aromatic rings. The van der Waals surface area contributed by atoms with Crippen molar-refractivity contribution >= 4 is 11.5 Å². The summed E-state index contributed by atoms with van der Waals surface area (Å²) < 4.78 is 3.83. The second-order valence-corrected chi connectivity index (χ2v) is 5.71. The van der Waals surface area contributed by atoms with E-state index in [0.29, 0.717) is 0 Å². The van der Waals surface area contributed by atoms with Crippen molar-refractivity contribution in [2.45, 2.75) is 39.7 Å². The molecular formula is C16H22N6. The lowest BCUT2D eigenvalue weighted by molar-refractivity contribution is 0.511. The van der Waals surface area contributed by atoms with Gasteiger partial charge < -0.3 is 5.32 Å². The molecule has 0 saturated heterocycles. The summed E-state index contributed by atoms with van der Waals surface area (Å²) in [5, 5.41) is 12.2. The van der Waals surface area contributed by atoms with E-state index < -0.39 is 0 Å². The van der Waals surface area contributed by atoms with Gasteiger partial charge in [-0.1, -0.05) is 13.3 Å². The quantitative estimate of drug-likeness (QED) is 0.760. The molecule has 1 N–H and O–H groups in total. The fourth-order valence-electron chi connectivity index (χ4n) is 2.50. The summed E-state index contributed by atoms with van der Waals surface area (Å²) in [5.74, 6) is 0.981. The summed E-state index contributed by atoms with van der Waals surface area (Å²) in [5.41, 5.74) is 3.16. The fraction of sp³-hybridized carbons (Fsp3) is 0.438. The van der Waals surface area contributed by atoms with Crippen molar-refractivity contribution in [3.05, 3.63) is 42.0 Å². The van der Waals surface area contributed by atoms with Crippen molar-refractivity contribution in [2.75, 3.05) is 11.9 Å². The maximum atomic E-state index is 4.62. The smallest absolute Gasteiger partial charge is 0.157 e. The SMILES string of the molecule is CCCc1cc(NCC(C)n2cc(C)cn2)n2nccc2n1. The Balaban J connectivity index is 1.79. The van der Waals surface area contributed by atoms with E-state index in [2.05, 4.69) is 53.5 Å². The number of rotatable bonds is 6. The molecule has 0 radical (unpaired) electrons. The molecule has 0 aromatic carbocycles. The predicted molar refractivity (Wildman–Crippen MR) is 87.1 cm³/mol. The van der Waals surface area contributed by atoms with Gasteiger partial charge in [0.1, 0.15) is 5.82 Å². The van der Waals surface area contributed by atoms with Crippen LogP contribution in [0, 0.1) is 6.92 Å². The first kappa shape index (κ1) is 14.6. The van der Waals surface area contributed by atoms with Gasteiger partial charge in [0.15, 0.2) is 5.65 Å². The number of hydrogen-bond acceptors (Lipinski definition) is 4. The number of hydrogen-bond donors (Lipinski definition) is 1. The topological polar surface area (TPSA) is 60.0 Å². The first-order valence-corrected chi connectivity index (χ1v) is 7.75. The average molecular weight is 298 g/mol. The highest BCUT2D eigenvalue weighted by atomic mass is 15.3. The summed E-state index contributed by atoms with van der Waals surface area (Å²) in [4.78, 5) is 4.62. The monoisotopic (exact) mass is 298 g/mol. The third-order valence-corrected chi connectivity index (χ3v) is 3.68. The molecule has 116 valence electrons. The molecule has 1 unspecified atom stereocenters. The van der Waals surface area contributed by atoms with E-state index in [4.69, 9.17) is 0 Å². The molecule has 0 bridgehead atoms. The van der Waals surface area contributed by atoms with Crippen molar-refractivity contribution in [2.24, 2.45) is 0 Å². The maximum absolute atomic E-state index is 4.62. The molecule has 6 nitrogen and oxygen atoms in total. The average Bonchev–Trinajstić information content (AvgIpc) is 3.13. The molecule has 0 saturated carbocycles. The minimum absolute atomic E-state index is 0.266. The van der Waals surface area contributed by atoms with Crippen LogP contribution in [-0.4, -0.2) is 30.9 Å². The fourth-order valence-corrected chi connectivity index (χ4v) is 2.50. The Labute approximate surface area is 130 Å². The van der Waals surface area contributed by atoms with Crippen LogP contribution in [0.4, 0.5) is 5.82 Å². The third-order valence-electron chi connectivity index (χ3n) is 3.68. The first-order valence-electron chi connectivity index (χ1n) is 7.75. The van der Waals surface area contributed by atoms with E-state index in [-0.39, 0.29) is 6.04 Å². The zero-order valence-electron chi connectivity index (χ0n) is 13.3. The molecule has 0 aliphatic heterocycles. The molecular weight excluding hydrogens is 276 g/mol. The van der Waals surface area contributed by atoms with Crippen LogP contribution in [-0.2, 0) is 6.42 Å². The van der Waals surface area contributed by atoms with Crippen LogP contribution >= 0.6 is 0 Å². The second-order valence-electron chi connectivity index (χ2n) is 5.71. The van der Waals surface area contributed by atoms with Crippen LogP contribution in [0.5, 0.6) is 0 Å². The highest BCUT2D eigenvalue weighted by Gasteiger charge is 2.09. The number of anilines is 1. The van der Waals surface area contributed by atoms with E-state index in [0.717, 1.165) is 36.5 Å². The largest absolute Gasteiger partial charge is 0.368 e. The summed E-state index contributed by atoms with van der Waals surface area (Å²) in [6.07, 6.45) is 7.78. The number of aryl methyl sites for hydroxylation is 2. The Kier molecular flexibility index (Phi) is 4.09. The van der Waals surface area contributed by atoms with Gasteiger partial charge in [-0.2, -0.15) is 14.7 Å². The van der Waals surface area contributed by atoms with Crippen LogP contribution in [0.2, 0.25) is 0 Å². The predicted octanol–water partition coefficient (Wildman–Crippen LogP) is 2.86. The van der Waals surface area contributed by atoms with Crippen LogP contribution in [0.25, 0.3) is 5.65 Å². The second kappa shape index (κ2) is 6.17. The van der Waals surface area contributed by atoms with Gasteiger partial charge in [-0.3, -0.25) is 4.68 Å². The summed E-state index contributed by atoms with van der Waals surface area (Å²) in [6.45, 7) is 7.15. The molecule has 3 rings (SSSR count). The molecule has 6 heteroatoms. The highest BCUT2D eigenvalue weighted by Crippen LogP contribution is 2.15. The lowest BCUT2D eigenvalue weighted by Crippen LogP contribution is -2.18. The standard InChI is InChI=1S/C16H22N6/c1-4-5-14-8-16(22-15(20-14)6-7-18-22)17-10-13(3)21-11-12(2)9-19-21/h6-9,11,13,17H,4-5,10H2,1-3H3. The molecule has 0 aliphatic carbocycles. The Morgan fingerprint density at radius 3 is 2.91 bits per heavy atom. The Bertz CT molecular complexity index is 757. The molecule has 3 aromatic heterocycles. The van der Waals surface area contributed by atoms with E-state index >= 15 is 0 Å². The number of aromatic nitrogens is 5. The molecule has 0 spiro atoms. The molecule has 0 fully saturated rings. The highest BCUT2D eigenvalue weighted by molar-refractivity contribution is 5.49. The minimum atomic E-state index is 0.266. The van der Waals surface area contributed by atoms with Crippen molar-refractivity contribution in [3.63, 3.8) is 0 Å². The van der Waals surface area contributed by atoms with Crippen molar-refractivity contribution < 1.29 is 0 Å². The Hall–Kier alpha value is -2.37. The zero-order chi connectivity index (χ0) is 15.5. The maximum Gasteiger partial charge on any atom is 0.157 e. The number of nitrogens with zero attached hydrogens (tertiary/aromatic N) is 5. The summed E-state index contributed by atoms with van der Waals surface area (Å²) >= 11 is 0. The van der Waals surface area contributed by atoms with E-state index in [1.165, 1.54) is 5.56 Å². The summed E-state index contributed by atoms with van der Waals surface area (Å²) in [7, 11) is 0. The van der Waals surface area contributed by atoms with Crippen LogP contribution in [0.3, 0.4) is 0 Å². The van der Waals surface area contributed by atoms with E-state index in [1.54, 1.807) is 6.20 Å². The van der Waals surface area contributed by atoms with Gasteiger partial charge in [0.2, 0.25) is 0 Å². The third kappa shape index (κ3) is 2.95. The molecule has 1 atom stereocenters. The van der Waals surface area contributed by atoms with Gasteiger partial charge in [-0.05, 0) is 25.8 Å². The lowest BCUT2D eigenvalue weighted by atomic mass is 10.2. The van der Waals surface area contributed by atoms with Gasteiger partial charge in [0, 0.05) is 30.6 Å². The van der Waals surface area contributed by atoms with E-state index in [9.17, 15) is 0 Å². The molecule has 0 aliphatic rings. The molecule has 22 heavy (non-hydrogen) atoms. The first-order chi connectivity index (χ1) is 10.7. The normalized spacial score (nSPS) is 12.7. The van der Waals surface area contributed by atoms with Crippen molar-refractivity contribution in [1.29, 1.82) is 0 Å². The molecule has 0 amide bonds. The van der Waals surface area contributed by atoms with Crippen LogP contribution in [0.15, 0.2) is 30.7 Å². The Morgan fingerprint density at radius 2 is 2.18 bits per heavy atom. The van der Waals surface area contributed by atoms with Gasteiger partial charge in [0.05, 0.1) is 18.4 Å². The van der Waals surface area contributed by atoms with Crippen LogP contribution < -0.4 is 5.32 Å². The van der Waals surface area contributed by atoms with Crippen molar-refractivity contribution in [3.8, 4) is 0 Å². The van der Waals surface area contributed by atoms with Gasteiger partial charge in [-0.15, -0.1) is 0 Å². The van der Waals surface area contributed by atoms with Crippen LogP contribution in [0.1, 0.15) is 37.6 Å².